The number of hydrogen-bond donors (Lipinski definition) is 2. The van der Waals surface area contributed by atoms with Crippen LogP contribution in [0.5, 0.6) is 5.75 Å². The number of nitrogens with zero attached hydrogens (tertiary/aromatic N) is 2. The number of amides is 3. The number of methoxy groups -OCH3 is 1. The highest BCUT2D eigenvalue weighted by atomic mass is 16.6. The van der Waals surface area contributed by atoms with Crippen LogP contribution in [0.15, 0.2) is 48.5 Å². The fraction of sp³-hybridized carbons (Fsp3) is 0.444. The summed E-state index contributed by atoms with van der Waals surface area (Å²) in [6.45, 7) is 0.748. The second-order valence-electron chi connectivity index (χ2n) is 9.61. The van der Waals surface area contributed by atoms with Gasteiger partial charge in [-0.2, -0.15) is 0 Å². The number of ether oxygens (including phenoxy) is 1. The van der Waals surface area contributed by atoms with E-state index in [0.717, 1.165) is 25.7 Å². The average Bonchev–Trinajstić information content (AvgIpc) is 2.93. The summed E-state index contributed by atoms with van der Waals surface area (Å²) in [7, 11) is 1.57. The van der Waals surface area contributed by atoms with Crippen LogP contribution in [0.4, 0.5) is 5.69 Å². The Labute approximate surface area is 215 Å². The molecule has 2 aromatic carbocycles. The quantitative estimate of drug-likeness (QED) is 0.436. The normalized spacial score (nSPS) is 21.5. The van der Waals surface area contributed by atoms with Crippen molar-refractivity contribution in [2.45, 2.75) is 50.6 Å². The van der Waals surface area contributed by atoms with Crippen molar-refractivity contribution >= 4 is 23.4 Å². The Kier molecular flexibility index (Phi) is 8.37. The van der Waals surface area contributed by atoms with Crippen molar-refractivity contribution in [1.82, 2.24) is 15.5 Å². The number of rotatable bonds is 7. The summed E-state index contributed by atoms with van der Waals surface area (Å²) in [5.74, 6) is -0.350. The first kappa shape index (κ1) is 26.1. The Morgan fingerprint density at radius 3 is 2.32 bits per heavy atom. The smallest absolute Gasteiger partial charge is 0.270 e. The van der Waals surface area contributed by atoms with Crippen molar-refractivity contribution in [3.63, 3.8) is 0 Å². The number of nitro benzene ring substituents is 1. The van der Waals surface area contributed by atoms with Crippen LogP contribution in [0.1, 0.15) is 59.2 Å². The van der Waals surface area contributed by atoms with Crippen molar-refractivity contribution in [2.24, 2.45) is 5.92 Å². The van der Waals surface area contributed by atoms with Crippen molar-refractivity contribution in [2.75, 3.05) is 20.2 Å². The first-order valence-electron chi connectivity index (χ1n) is 12.6. The molecule has 196 valence electrons. The van der Waals surface area contributed by atoms with E-state index in [2.05, 4.69) is 10.6 Å². The van der Waals surface area contributed by atoms with E-state index in [1.165, 1.54) is 18.2 Å². The zero-order valence-electron chi connectivity index (χ0n) is 20.9. The number of benzene rings is 2. The van der Waals surface area contributed by atoms with Gasteiger partial charge in [0.25, 0.3) is 17.5 Å². The fourth-order valence-corrected chi connectivity index (χ4v) is 5.08. The van der Waals surface area contributed by atoms with Gasteiger partial charge in [-0.05, 0) is 56.0 Å². The van der Waals surface area contributed by atoms with Crippen molar-refractivity contribution in [3.8, 4) is 5.75 Å². The zero-order chi connectivity index (χ0) is 26.4. The highest BCUT2D eigenvalue weighted by Crippen LogP contribution is 2.24. The second-order valence-corrected chi connectivity index (χ2v) is 9.61. The van der Waals surface area contributed by atoms with Gasteiger partial charge in [-0.15, -0.1) is 0 Å². The molecule has 2 fully saturated rings. The number of non-ortho nitro benzene ring substituents is 1. The van der Waals surface area contributed by atoms with Gasteiger partial charge >= 0.3 is 0 Å². The van der Waals surface area contributed by atoms with Gasteiger partial charge in [0, 0.05) is 48.4 Å². The molecule has 0 bridgehead atoms. The summed E-state index contributed by atoms with van der Waals surface area (Å²) < 4.78 is 5.15. The summed E-state index contributed by atoms with van der Waals surface area (Å²) in [6, 6.07) is 12.2. The summed E-state index contributed by atoms with van der Waals surface area (Å²) >= 11 is 0. The van der Waals surface area contributed by atoms with Crippen LogP contribution in [0.2, 0.25) is 0 Å². The number of carbonyl (C=O) groups is 3. The number of piperidine rings is 1. The molecular weight excluding hydrogens is 476 g/mol. The standard InChI is InChI=1S/C27H32N4O6/c1-37-22-13-11-18(12-14-22)25(32)28-23-9-2-3-10-24(23)29-26(33)20-7-5-15-30(17-20)27(34)19-6-4-8-21(16-19)31(35)36/h4,6,8,11-14,16,20,23-24H,2-3,5,7,9-10,15,17H2,1H3,(H,28,32)(H,29,33)/t20?,23-,24-/m1/s1. The van der Waals surface area contributed by atoms with E-state index in [-0.39, 0.29) is 53.5 Å². The maximum absolute atomic E-state index is 13.2. The first-order chi connectivity index (χ1) is 17.9. The molecule has 3 atom stereocenters. The van der Waals surface area contributed by atoms with Gasteiger partial charge in [0.1, 0.15) is 5.75 Å². The molecule has 0 spiro atoms. The molecular formula is C27H32N4O6. The minimum Gasteiger partial charge on any atom is -0.497 e. The van der Waals surface area contributed by atoms with Crippen LogP contribution in [-0.4, -0.2) is 59.8 Å². The molecule has 37 heavy (non-hydrogen) atoms. The molecule has 4 rings (SSSR count). The molecule has 0 radical (unpaired) electrons. The van der Waals surface area contributed by atoms with Crippen molar-refractivity contribution in [1.29, 1.82) is 0 Å². The molecule has 2 aromatic rings. The van der Waals surface area contributed by atoms with Crippen LogP contribution in [0.25, 0.3) is 0 Å². The Bertz CT molecular complexity index is 1150. The monoisotopic (exact) mass is 508 g/mol. The number of hydrogen-bond acceptors (Lipinski definition) is 6. The summed E-state index contributed by atoms with van der Waals surface area (Å²) in [5, 5.41) is 17.3. The van der Waals surface area contributed by atoms with Gasteiger partial charge in [-0.3, -0.25) is 24.5 Å². The summed E-state index contributed by atoms with van der Waals surface area (Å²) in [5.41, 5.74) is 0.625. The van der Waals surface area contributed by atoms with E-state index < -0.39 is 4.92 Å². The highest BCUT2D eigenvalue weighted by molar-refractivity contribution is 5.95. The Balaban J connectivity index is 1.37. The molecule has 1 aliphatic carbocycles. The maximum Gasteiger partial charge on any atom is 0.270 e. The molecule has 1 saturated carbocycles. The van der Waals surface area contributed by atoms with Gasteiger partial charge in [-0.1, -0.05) is 18.9 Å². The third kappa shape index (κ3) is 6.44. The van der Waals surface area contributed by atoms with Gasteiger partial charge in [0.2, 0.25) is 5.91 Å². The Morgan fingerprint density at radius 2 is 1.65 bits per heavy atom. The minimum atomic E-state index is -0.531. The molecule has 1 aliphatic heterocycles. The van der Waals surface area contributed by atoms with E-state index in [9.17, 15) is 24.5 Å². The van der Waals surface area contributed by atoms with E-state index in [1.807, 2.05) is 0 Å². The van der Waals surface area contributed by atoms with Crippen LogP contribution in [0, 0.1) is 16.0 Å². The molecule has 1 saturated heterocycles. The number of likely N-dealkylation sites (tertiary alicyclic amines) is 1. The fourth-order valence-electron chi connectivity index (χ4n) is 5.08. The lowest BCUT2D eigenvalue weighted by Crippen LogP contribution is -2.55. The van der Waals surface area contributed by atoms with Crippen LogP contribution < -0.4 is 15.4 Å². The third-order valence-electron chi connectivity index (χ3n) is 7.15. The summed E-state index contributed by atoms with van der Waals surface area (Å²) in [4.78, 5) is 51.2. The Morgan fingerprint density at radius 1 is 0.946 bits per heavy atom. The number of nitro groups is 1. The summed E-state index contributed by atoms with van der Waals surface area (Å²) in [6.07, 6.45) is 4.79. The molecule has 3 amide bonds. The largest absolute Gasteiger partial charge is 0.497 e. The molecule has 10 nitrogen and oxygen atoms in total. The zero-order valence-corrected chi connectivity index (χ0v) is 20.9. The van der Waals surface area contributed by atoms with Crippen LogP contribution in [-0.2, 0) is 4.79 Å². The molecule has 2 N–H and O–H groups in total. The van der Waals surface area contributed by atoms with Gasteiger partial charge in [-0.25, -0.2) is 0 Å². The lowest BCUT2D eigenvalue weighted by Gasteiger charge is -2.36. The van der Waals surface area contributed by atoms with Gasteiger partial charge in [0.05, 0.1) is 18.0 Å². The predicted octanol–water partition coefficient (Wildman–Crippen LogP) is 3.31. The van der Waals surface area contributed by atoms with Crippen LogP contribution >= 0.6 is 0 Å². The minimum absolute atomic E-state index is 0.132. The predicted molar refractivity (Wildman–Crippen MR) is 136 cm³/mol. The third-order valence-corrected chi connectivity index (χ3v) is 7.15. The second kappa shape index (κ2) is 11.9. The van der Waals surface area contributed by atoms with E-state index in [0.29, 0.717) is 30.7 Å². The highest BCUT2D eigenvalue weighted by Gasteiger charge is 2.33. The van der Waals surface area contributed by atoms with E-state index in [4.69, 9.17) is 4.74 Å². The lowest BCUT2D eigenvalue weighted by atomic mass is 9.88. The van der Waals surface area contributed by atoms with Crippen LogP contribution in [0.3, 0.4) is 0 Å². The van der Waals surface area contributed by atoms with E-state index >= 15 is 0 Å². The van der Waals surface area contributed by atoms with Crippen molar-refractivity contribution < 1.29 is 24.0 Å². The average molecular weight is 509 g/mol. The van der Waals surface area contributed by atoms with Crippen molar-refractivity contribution in [3.05, 3.63) is 69.8 Å². The van der Waals surface area contributed by atoms with Gasteiger partial charge in [0.15, 0.2) is 0 Å². The molecule has 0 aromatic heterocycles. The molecule has 10 heteroatoms. The maximum atomic E-state index is 13.2. The number of carbonyl (C=O) groups excluding carboxylic acids is 3. The molecule has 2 aliphatic rings. The topological polar surface area (TPSA) is 131 Å². The van der Waals surface area contributed by atoms with E-state index in [1.54, 1.807) is 42.3 Å². The van der Waals surface area contributed by atoms with Gasteiger partial charge < -0.3 is 20.3 Å². The molecule has 1 heterocycles. The Hall–Kier alpha value is -3.95. The molecule has 1 unspecified atom stereocenters. The lowest BCUT2D eigenvalue weighted by molar-refractivity contribution is -0.384. The number of nitrogens with one attached hydrogen (secondary N) is 2. The SMILES string of the molecule is COc1ccc(C(=O)N[C@@H]2CCCC[C@H]2NC(=O)C2CCCN(C(=O)c3cccc([N+](=O)[O-])c3)C2)cc1. The first-order valence-corrected chi connectivity index (χ1v) is 12.6.